The molecule has 0 bridgehead atoms. The Kier molecular flexibility index (Phi) is 10.1. The number of fused-ring (bicyclic) bond motifs is 1. The fraction of sp³-hybridized carbons (Fsp3) is 0.571. The number of aryl methyl sites for hydroxylation is 2. The maximum absolute atomic E-state index is 11.0. The molecule has 2 aromatic carbocycles. The predicted molar refractivity (Wildman–Crippen MR) is 135 cm³/mol. The van der Waals surface area contributed by atoms with Crippen LogP contribution in [0.15, 0.2) is 30.3 Å². The summed E-state index contributed by atoms with van der Waals surface area (Å²) in [5, 5.41) is 22.2. The number of benzene rings is 2. The van der Waals surface area contributed by atoms with Gasteiger partial charge in [-0.05, 0) is 43.0 Å². The lowest BCUT2D eigenvalue weighted by Crippen LogP contribution is -1.92. The van der Waals surface area contributed by atoms with Crippen molar-refractivity contribution in [3.8, 4) is 16.9 Å². The summed E-state index contributed by atoms with van der Waals surface area (Å²) in [7, 11) is 0. The van der Waals surface area contributed by atoms with Gasteiger partial charge in [0, 0.05) is 11.1 Å². The summed E-state index contributed by atoms with van der Waals surface area (Å²) in [6.45, 7) is 4.38. The van der Waals surface area contributed by atoms with Crippen LogP contribution in [0.25, 0.3) is 22.2 Å². The Morgan fingerprint density at radius 1 is 0.750 bits per heavy atom. The third kappa shape index (κ3) is 7.08. The molecule has 0 amide bonds. The monoisotopic (exact) mass is 435 g/mol. The first kappa shape index (κ1) is 24.3. The van der Waals surface area contributed by atoms with E-state index in [0.29, 0.717) is 5.75 Å². The maximum atomic E-state index is 11.0. The standard InChI is InChI=1S/C28H41N3O/c1-3-4-5-6-7-8-9-10-11-12-13-14-15-17-23-20-22(2)21-25(28(23)32)24-18-16-19-26-27(24)30-31-29-26/h16,18-21,32H,3-15,17H2,1-2H3,(H,29,30,31). The van der Waals surface area contributed by atoms with Gasteiger partial charge in [0.1, 0.15) is 16.8 Å². The number of hydrogen-bond acceptors (Lipinski definition) is 3. The van der Waals surface area contributed by atoms with Gasteiger partial charge < -0.3 is 5.11 Å². The molecule has 174 valence electrons. The Hall–Kier alpha value is -2.36. The van der Waals surface area contributed by atoms with Crippen LogP contribution in [0.2, 0.25) is 0 Å². The summed E-state index contributed by atoms with van der Waals surface area (Å²) >= 11 is 0. The summed E-state index contributed by atoms with van der Waals surface area (Å²) in [6, 6.07) is 10.1. The van der Waals surface area contributed by atoms with Gasteiger partial charge >= 0.3 is 0 Å². The number of H-pyrrole nitrogens is 1. The van der Waals surface area contributed by atoms with Crippen molar-refractivity contribution in [1.82, 2.24) is 15.4 Å². The van der Waals surface area contributed by atoms with E-state index in [1.54, 1.807) is 0 Å². The van der Waals surface area contributed by atoms with Crippen LogP contribution in [0.4, 0.5) is 0 Å². The number of aromatic nitrogens is 3. The van der Waals surface area contributed by atoms with Crippen molar-refractivity contribution in [1.29, 1.82) is 0 Å². The van der Waals surface area contributed by atoms with Crippen molar-refractivity contribution >= 4 is 11.0 Å². The molecule has 0 radical (unpaired) electrons. The minimum atomic E-state index is 0.394. The molecule has 3 aromatic rings. The Labute approximate surface area is 193 Å². The van der Waals surface area contributed by atoms with Gasteiger partial charge in [-0.2, -0.15) is 15.4 Å². The highest BCUT2D eigenvalue weighted by Gasteiger charge is 2.14. The zero-order chi connectivity index (χ0) is 22.6. The van der Waals surface area contributed by atoms with Crippen LogP contribution in [0.5, 0.6) is 5.75 Å². The molecule has 0 aliphatic heterocycles. The molecule has 2 N–H and O–H groups in total. The van der Waals surface area contributed by atoms with Crippen LogP contribution in [0.3, 0.4) is 0 Å². The molecular formula is C28H41N3O. The first-order chi connectivity index (χ1) is 15.7. The van der Waals surface area contributed by atoms with Crippen molar-refractivity contribution < 1.29 is 5.11 Å². The smallest absolute Gasteiger partial charge is 0.126 e. The van der Waals surface area contributed by atoms with Crippen LogP contribution in [-0.4, -0.2) is 20.5 Å². The minimum absolute atomic E-state index is 0.394. The highest BCUT2D eigenvalue weighted by Crippen LogP contribution is 2.37. The summed E-state index contributed by atoms with van der Waals surface area (Å²) in [6.07, 6.45) is 18.5. The lowest BCUT2D eigenvalue weighted by molar-refractivity contribution is 0.467. The second-order valence-corrected chi connectivity index (χ2v) is 9.31. The van der Waals surface area contributed by atoms with Crippen molar-refractivity contribution in [3.05, 3.63) is 41.5 Å². The Morgan fingerprint density at radius 3 is 2.03 bits per heavy atom. The van der Waals surface area contributed by atoms with Crippen molar-refractivity contribution in [2.75, 3.05) is 0 Å². The molecule has 4 heteroatoms. The Morgan fingerprint density at radius 2 is 1.38 bits per heavy atom. The molecule has 0 aliphatic rings. The number of aromatic amines is 1. The quantitative estimate of drug-likeness (QED) is 0.236. The van der Waals surface area contributed by atoms with E-state index in [-0.39, 0.29) is 0 Å². The number of aromatic hydroxyl groups is 1. The number of rotatable bonds is 15. The molecule has 0 saturated carbocycles. The van der Waals surface area contributed by atoms with Gasteiger partial charge in [-0.1, -0.05) is 102 Å². The fourth-order valence-corrected chi connectivity index (χ4v) is 4.67. The van der Waals surface area contributed by atoms with Gasteiger partial charge in [0.25, 0.3) is 0 Å². The van der Waals surface area contributed by atoms with Gasteiger partial charge in [0.2, 0.25) is 0 Å². The number of unbranched alkanes of at least 4 members (excludes halogenated alkanes) is 12. The maximum Gasteiger partial charge on any atom is 0.126 e. The Balaban J connectivity index is 1.40. The van der Waals surface area contributed by atoms with E-state index in [4.69, 9.17) is 0 Å². The Bertz CT molecular complexity index is 947. The average Bonchev–Trinajstić information content (AvgIpc) is 3.28. The number of phenols is 1. The largest absolute Gasteiger partial charge is 0.507 e. The molecule has 1 heterocycles. The molecule has 0 unspecified atom stereocenters. The first-order valence-corrected chi connectivity index (χ1v) is 12.8. The molecule has 32 heavy (non-hydrogen) atoms. The zero-order valence-corrected chi connectivity index (χ0v) is 20.1. The summed E-state index contributed by atoms with van der Waals surface area (Å²) in [4.78, 5) is 0. The van der Waals surface area contributed by atoms with Gasteiger partial charge in [-0.15, -0.1) is 0 Å². The van der Waals surface area contributed by atoms with Gasteiger partial charge in [-0.25, -0.2) is 0 Å². The number of nitrogens with zero attached hydrogens (tertiary/aromatic N) is 2. The summed E-state index contributed by atoms with van der Waals surface area (Å²) in [5.74, 6) is 0.394. The van der Waals surface area contributed by atoms with E-state index >= 15 is 0 Å². The first-order valence-electron chi connectivity index (χ1n) is 12.8. The van der Waals surface area contributed by atoms with Crippen LogP contribution >= 0.6 is 0 Å². The third-order valence-electron chi connectivity index (χ3n) is 6.52. The molecule has 3 rings (SSSR count). The molecule has 0 fully saturated rings. The van der Waals surface area contributed by atoms with Crippen molar-refractivity contribution in [3.63, 3.8) is 0 Å². The second kappa shape index (κ2) is 13.2. The number of phenolic OH excluding ortho intramolecular Hbond substituents is 1. The fourth-order valence-electron chi connectivity index (χ4n) is 4.67. The molecule has 0 spiro atoms. The number of nitrogens with one attached hydrogen (secondary N) is 1. The molecular weight excluding hydrogens is 394 g/mol. The highest BCUT2D eigenvalue weighted by molar-refractivity contribution is 5.93. The third-order valence-corrected chi connectivity index (χ3v) is 6.52. The van der Waals surface area contributed by atoms with Crippen LogP contribution in [0, 0.1) is 6.92 Å². The number of hydrogen-bond donors (Lipinski definition) is 2. The minimum Gasteiger partial charge on any atom is -0.507 e. The van der Waals surface area contributed by atoms with Crippen molar-refractivity contribution in [2.45, 2.75) is 104 Å². The average molecular weight is 436 g/mol. The second-order valence-electron chi connectivity index (χ2n) is 9.31. The zero-order valence-electron chi connectivity index (χ0n) is 20.1. The lowest BCUT2D eigenvalue weighted by atomic mass is 9.95. The summed E-state index contributed by atoms with van der Waals surface area (Å²) in [5.41, 5.74) is 5.63. The van der Waals surface area contributed by atoms with Crippen LogP contribution in [0.1, 0.15) is 102 Å². The normalized spacial score (nSPS) is 11.4. The molecule has 1 aromatic heterocycles. The van der Waals surface area contributed by atoms with E-state index in [9.17, 15) is 5.11 Å². The van der Waals surface area contributed by atoms with E-state index in [1.807, 2.05) is 24.3 Å². The topological polar surface area (TPSA) is 61.8 Å². The molecule has 0 saturated heterocycles. The van der Waals surface area contributed by atoms with Crippen LogP contribution in [-0.2, 0) is 6.42 Å². The molecule has 4 nitrogen and oxygen atoms in total. The van der Waals surface area contributed by atoms with E-state index in [0.717, 1.165) is 40.6 Å². The van der Waals surface area contributed by atoms with E-state index < -0.39 is 0 Å². The SMILES string of the molecule is CCCCCCCCCCCCCCCc1cc(C)cc(-c2cccc3n[nH]nc23)c1O. The molecule has 0 aliphatic carbocycles. The van der Waals surface area contributed by atoms with E-state index in [2.05, 4.69) is 35.3 Å². The highest BCUT2D eigenvalue weighted by atomic mass is 16.3. The summed E-state index contributed by atoms with van der Waals surface area (Å²) < 4.78 is 0. The van der Waals surface area contributed by atoms with Gasteiger partial charge in [-0.3, -0.25) is 0 Å². The predicted octanol–water partition coefficient (Wildman–Crippen LogP) is 8.27. The lowest BCUT2D eigenvalue weighted by Gasteiger charge is -2.12. The van der Waals surface area contributed by atoms with E-state index in [1.165, 1.54) is 82.6 Å². The van der Waals surface area contributed by atoms with Crippen molar-refractivity contribution in [2.24, 2.45) is 0 Å². The van der Waals surface area contributed by atoms with Crippen LogP contribution < -0.4 is 0 Å². The number of para-hydroxylation sites is 1. The van der Waals surface area contributed by atoms with Gasteiger partial charge in [0.15, 0.2) is 0 Å². The van der Waals surface area contributed by atoms with Gasteiger partial charge in [0.05, 0.1) is 0 Å². The molecule has 0 atom stereocenters.